The molecule has 1 aromatic rings. The highest BCUT2D eigenvalue weighted by atomic mass is 127. The average Bonchev–Trinajstić information content (AvgIpc) is 3.02. The molecule has 1 aliphatic rings. The first-order valence-electron chi connectivity index (χ1n) is 8.54. The predicted molar refractivity (Wildman–Crippen MR) is 112 cm³/mol. The van der Waals surface area contributed by atoms with E-state index in [9.17, 15) is 4.39 Å². The maximum Gasteiger partial charge on any atom is 0.191 e. The molecule has 142 valence electrons. The first-order chi connectivity index (χ1) is 11.5. The molecule has 2 heterocycles. The monoisotopic (exact) mass is 464 g/mol. The molecular formula is C17H30FIN6. The number of aromatic nitrogens is 1. The Labute approximate surface area is 167 Å². The van der Waals surface area contributed by atoms with Crippen molar-refractivity contribution in [3.05, 3.63) is 24.1 Å². The summed E-state index contributed by atoms with van der Waals surface area (Å²) in [6.07, 6.45) is 2.56. The zero-order chi connectivity index (χ0) is 17.5. The van der Waals surface area contributed by atoms with Crippen LogP contribution in [-0.2, 0) is 0 Å². The lowest BCUT2D eigenvalue weighted by molar-refractivity contribution is 0.278. The number of nitrogens with zero attached hydrogens (tertiary/aromatic N) is 4. The van der Waals surface area contributed by atoms with Crippen LogP contribution < -0.4 is 15.5 Å². The average molecular weight is 464 g/mol. The fourth-order valence-electron chi connectivity index (χ4n) is 2.68. The molecule has 1 saturated heterocycles. The molecular weight excluding hydrogens is 434 g/mol. The molecule has 25 heavy (non-hydrogen) atoms. The van der Waals surface area contributed by atoms with E-state index in [0.29, 0.717) is 11.9 Å². The van der Waals surface area contributed by atoms with E-state index in [2.05, 4.69) is 46.4 Å². The summed E-state index contributed by atoms with van der Waals surface area (Å²) in [4.78, 5) is 12.7. The third kappa shape index (κ3) is 6.58. The normalized spacial score (nSPS) is 17.8. The van der Waals surface area contributed by atoms with Crippen LogP contribution in [0.25, 0.3) is 0 Å². The maximum atomic E-state index is 13.8. The lowest BCUT2D eigenvalue weighted by Crippen LogP contribution is -2.46. The van der Waals surface area contributed by atoms with E-state index in [1.807, 2.05) is 4.90 Å². The molecule has 0 aliphatic carbocycles. The Kier molecular flexibility index (Phi) is 9.41. The molecule has 1 aromatic heterocycles. The topological polar surface area (TPSA) is 55.8 Å². The Morgan fingerprint density at radius 3 is 2.92 bits per heavy atom. The van der Waals surface area contributed by atoms with Crippen molar-refractivity contribution in [3.8, 4) is 0 Å². The lowest BCUT2D eigenvalue weighted by Gasteiger charge is -2.23. The van der Waals surface area contributed by atoms with Crippen LogP contribution in [0.2, 0.25) is 0 Å². The number of halogens is 2. The molecule has 1 unspecified atom stereocenters. The van der Waals surface area contributed by atoms with Crippen LogP contribution in [0.3, 0.4) is 0 Å². The Morgan fingerprint density at radius 1 is 1.52 bits per heavy atom. The molecule has 0 spiro atoms. The zero-order valence-electron chi connectivity index (χ0n) is 15.5. The van der Waals surface area contributed by atoms with Gasteiger partial charge in [-0.3, -0.25) is 4.99 Å². The van der Waals surface area contributed by atoms with Gasteiger partial charge in [0, 0.05) is 51.5 Å². The summed E-state index contributed by atoms with van der Waals surface area (Å²) >= 11 is 0. The fourth-order valence-corrected chi connectivity index (χ4v) is 2.68. The summed E-state index contributed by atoms with van der Waals surface area (Å²) in [5.41, 5.74) is 0. The highest BCUT2D eigenvalue weighted by molar-refractivity contribution is 14.0. The summed E-state index contributed by atoms with van der Waals surface area (Å²) in [7, 11) is 3.88. The number of aliphatic imine (C=N–C) groups is 1. The quantitative estimate of drug-likeness (QED) is 0.383. The third-order valence-corrected chi connectivity index (χ3v) is 4.43. The highest BCUT2D eigenvalue weighted by Crippen LogP contribution is 2.20. The van der Waals surface area contributed by atoms with Crippen LogP contribution >= 0.6 is 24.0 Å². The largest absolute Gasteiger partial charge is 0.355 e. The minimum Gasteiger partial charge on any atom is -0.355 e. The van der Waals surface area contributed by atoms with Crippen molar-refractivity contribution in [3.63, 3.8) is 0 Å². The molecule has 0 bridgehead atoms. The summed E-state index contributed by atoms with van der Waals surface area (Å²) < 4.78 is 13.8. The van der Waals surface area contributed by atoms with Gasteiger partial charge in [0.25, 0.3) is 0 Å². The molecule has 6 nitrogen and oxygen atoms in total. The van der Waals surface area contributed by atoms with Crippen molar-refractivity contribution >= 4 is 35.8 Å². The van der Waals surface area contributed by atoms with E-state index in [0.717, 1.165) is 38.6 Å². The predicted octanol–water partition coefficient (Wildman–Crippen LogP) is 1.92. The molecule has 0 radical (unpaired) electrons. The third-order valence-electron chi connectivity index (χ3n) is 4.43. The molecule has 1 aliphatic heterocycles. The van der Waals surface area contributed by atoms with Crippen LogP contribution in [0.5, 0.6) is 0 Å². The van der Waals surface area contributed by atoms with Crippen molar-refractivity contribution in [2.24, 2.45) is 4.99 Å². The summed E-state index contributed by atoms with van der Waals surface area (Å²) in [5.74, 6) is 0.959. The number of hydrogen-bond acceptors (Lipinski definition) is 4. The second-order valence-electron chi connectivity index (χ2n) is 6.46. The van der Waals surface area contributed by atoms with E-state index >= 15 is 0 Å². The standard InChI is InChI=1S/C17H29FN6.HI/c1-13(2)23(4)11-9-21-17(19-3)22-14-7-10-24(12-14)16-15(18)6-5-8-20-16;/h5-6,8,13-14H,7,9-12H2,1-4H3,(H2,19,21,22);1H. The number of pyridine rings is 1. The van der Waals surface area contributed by atoms with Gasteiger partial charge in [-0.15, -0.1) is 24.0 Å². The van der Waals surface area contributed by atoms with Crippen LogP contribution in [0.1, 0.15) is 20.3 Å². The second-order valence-corrected chi connectivity index (χ2v) is 6.46. The molecule has 2 rings (SSSR count). The van der Waals surface area contributed by atoms with Gasteiger partial charge in [0.15, 0.2) is 17.6 Å². The zero-order valence-corrected chi connectivity index (χ0v) is 17.8. The van der Waals surface area contributed by atoms with Gasteiger partial charge < -0.3 is 20.4 Å². The molecule has 1 fully saturated rings. The van der Waals surface area contributed by atoms with Crippen LogP contribution in [0, 0.1) is 5.82 Å². The van der Waals surface area contributed by atoms with Crippen molar-refractivity contribution in [1.29, 1.82) is 0 Å². The summed E-state index contributed by atoms with van der Waals surface area (Å²) in [6.45, 7) is 7.65. The molecule has 0 amide bonds. The number of nitrogens with one attached hydrogen (secondary N) is 2. The number of likely N-dealkylation sites (N-methyl/N-ethyl adjacent to an activating group) is 1. The molecule has 0 saturated carbocycles. The summed E-state index contributed by atoms with van der Waals surface area (Å²) in [5, 5.41) is 6.75. The minimum atomic E-state index is -0.266. The first kappa shape index (κ1) is 21.9. The van der Waals surface area contributed by atoms with E-state index in [-0.39, 0.29) is 35.8 Å². The SMILES string of the molecule is CN=C(NCCN(C)C(C)C)NC1CCN(c2ncccc2F)C1.I. The van der Waals surface area contributed by atoms with E-state index < -0.39 is 0 Å². The van der Waals surface area contributed by atoms with Crippen LogP contribution in [0.15, 0.2) is 23.3 Å². The van der Waals surface area contributed by atoms with Gasteiger partial charge in [0.05, 0.1) is 0 Å². The maximum absolute atomic E-state index is 13.8. The van der Waals surface area contributed by atoms with Crippen LogP contribution in [-0.4, -0.2) is 68.2 Å². The van der Waals surface area contributed by atoms with Gasteiger partial charge in [0.2, 0.25) is 0 Å². The van der Waals surface area contributed by atoms with Gasteiger partial charge in [-0.25, -0.2) is 9.37 Å². The van der Waals surface area contributed by atoms with Gasteiger partial charge >= 0.3 is 0 Å². The smallest absolute Gasteiger partial charge is 0.191 e. The van der Waals surface area contributed by atoms with Crippen molar-refractivity contribution in [2.45, 2.75) is 32.4 Å². The Balaban J connectivity index is 0.00000312. The number of guanidine groups is 1. The van der Waals surface area contributed by atoms with E-state index in [1.54, 1.807) is 19.3 Å². The Bertz CT molecular complexity index is 554. The van der Waals surface area contributed by atoms with Gasteiger partial charge in [0.1, 0.15) is 0 Å². The minimum absolute atomic E-state index is 0. The number of anilines is 1. The van der Waals surface area contributed by atoms with E-state index in [4.69, 9.17) is 0 Å². The first-order valence-corrected chi connectivity index (χ1v) is 8.54. The highest BCUT2D eigenvalue weighted by Gasteiger charge is 2.25. The number of rotatable bonds is 6. The molecule has 1 atom stereocenters. The van der Waals surface area contributed by atoms with Crippen LogP contribution in [0.4, 0.5) is 10.2 Å². The van der Waals surface area contributed by atoms with Gasteiger partial charge in [-0.1, -0.05) is 0 Å². The van der Waals surface area contributed by atoms with Crippen molar-refractivity contribution < 1.29 is 4.39 Å². The summed E-state index contributed by atoms with van der Waals surface area (Å²) in [6, 6.07) is 3.83. The van der Waals surface area contributed by atoms with E-state index in [1.165, 1.54) is 6.07 Å². The van der Waals surface area contributed by atoms with Crippen molar-refractivity contribution in [1.82, 2.24) is 20.5 Å². The number of hydrogen-bond donors (Lipinski definition) is 2. The molecule has 0 aromatic carbocycles. The molecule has 8 heteroatoms. The van der Waals surface area contributed by atoms with Crippen molar-refractivity contribution in [2.75, 3.05) is 45.2 Å². The van der Waals surface area contributed by atoms with Gasteiger partial charge in [-0.2, -0.15) is 0 Å². The molecule has 2 N–H and O–H groups in total. The van der Waals surface area contributed by atoms with Gasteiger partial charge in [-0.05, 0) is 39.4 Å². The Morgan fingerprint density at radius 2 is 2.28 bits per heavy atom. The lowest BCUT2D eigenvalue weighted by atomic mass is 10.3. The Hall–Kier alpha value is -1.16. The fraction of sp³-hybridized carbons (Fsp3) is 0.647. The second kappa shape index (κ2) is 10.7.